The molecule has 0 aliphatic heterocycles. The van der Waals surface area contributed by atoms with Gasteiger partial charge in [0.05, 0.1) is 11.7 Å². The molecule has 0 spiro atoms. The minimum absolute atomic E-state index is 0.308. The van der Waals surface area contributed by atoms with E-state index in [0.29, 0.717) is 6.61 Å². The Morgan fingerprint density at radius 3 is 2.46 bits per heavy atom. The summed E-state index contributed by atoms with van der Waals surface area (Å²) < 4.78 is 5.51. The molecule has 1 aliphatic rings. The summed E-state index contributed by atoms with van der Waals surface area (Å²) in [5.74, 6) is 0.745. The molecule has 0 heterocycles. The first kappa shape index (κ1) is 11.0. The summed E-state index contributed by atoms with van der Waals surface area (Å²) >= 11 is 0. The predicted molar refractivity (Wildman–Crippen MR) is 53.7 cm³/mol. The van der Waals surface area contributed by atoms with Crippen molar-refractivity contribution in [2.75, 3.05) is 6.61 Å². The van der Waals surface area contributed by atoms with E-state index in [0.717, 1.165) is 12.3 Å². The summed E-state index contributed by atoms with van der Waals surface area (Å²) in [6.45, 7) is 6.59. The third-order valence-electron chi connectivity index (χ3n) is 3.10. The molecule has 1 saturated carbocycles. The average Bonchev–Trinajstić information content (AvgIpc) is 1.96. The summed E-state index contributed by atoms with van der Waals surface area (Å²) in [6.07, 6.45) is 4.52. The zero-order valence-corrected chi connectivity index (χ0v) is 9.05. The molecule has 0 bridgehead atoms. The van der Waals surface area contributed by atoms with Gasteiger partial charge < -0.3 is 9.84 Å². The molecular formula is C11H22O2. The minimum atomic E-state index is -0.371. The molecular weight excluding hydrogens is 164 g/mol. The molecule has 1 unspecified atom stereocenters. The van der Waals surface area contributed by atoms with E-state index < -0.39 is 0 Å². The Balaban J connectivity index is 2.30. The van der Waals surface area contributed by atoms with Gasteiger partial charge in [0.15, 0.2) is 0 Å². The zero-order valence-electron chi connectivity index (χ0n) is 9.05. The fourth-order valence-electron chi connectivity index (χ4n) is 1.80. The number of aliphatic hydroxyl groups is 1. The molecule has 1 fully saturated rings. The standard InChI is InChI=1S/C11H22O2/c1-4-13-11(2,3)10(12)8-9-6-5-7-9/h9-10,12H,4-8H2,1-3H3. The average molecular weight is 186 g/mol. The fraction of sp³-hybridized carbons (Fsp3) is 1.00. The molecule has 0 aromatic heterocycles. The molecule has 1 aliphatic carbocycles. The van der Waals surface area contributed by atoms with Crippen LogP contribution in [0, 0.1) is 5.92 Å². The summed E-state index contributed by atoms with van der Waals surface area (Å²) in [5.41, 5.74) is -0.371. The highest BCUT2D eigenvalue weighted by atomic mass is 16.5. The second-order valence-electron chi connectivity index (χ2n) is 4.58. The Hall–Kier alpha value is -0.0800. The quantitative estimate of drug-likeness (QED) is 0.714. The summed E-state index contributed by atoms with van der Waals surface area (Å²) in [4.78, 5) is 0. The van der Waals surface area contributed by atoms with Gasteiger partial charge in [-0.15, -0.1) is 0 Å². The first-order valence-corrected chi connectivity index (χ1v) is 5.38. The van der Waals surface area contributed by atoms with Gasteiger partial charge in [-0.05, 0) is 33.1 Å². The van der Waals surface area contributed by atoms with Gasteiger partial charge in [0.2, 0.25) is 0 Å². The van der Waals surface area contributed by atoms with E-state index in [4.69, 9.17) is 4.74 Å². The Labute approximate surface area is 81.3 Å². The molecule has 78 valence electrons. The largest absolute Gasteiger partial charge is 0.390 e. The molecule has 0 radical (unpaired) electrons. The Morgan fingerprint density at radius 2 is 2.08 bits per heavy atom. The minimum Gasteiger partial charge on any atom is -0.390 e. The van der Waals surface area contributed by atoms with Crippen molar-refractivity contribution >= 4 is 0 Å². The van der Waals surface area contributed by atoms with E-state index in [1.165, 1.54) is 19.3 Å². The molecule has 0 aromatic carbocycles. The highest BCUT2D eigenvalue weighted by molar-refractivity contribution is 4.83. The van der Waals surface area contributed by atoms with Crippen molar-refractivity contribution in [1.29, 1.82) is 0 Å². The Morgan fingerprint density at radius 1 is 1.46 bits per heavy atom. The van der Waals surface area contributed by atoms with Crippen LogP contribution in [0.5, 0.6) is 0 Å². The van der Waals surface area contributed by atoms with E-state index in [-0.39, 0.29) is 11.7 Å². The predicted octanol–water partition coefficient (Wildman–Crippen LogP) is 2.35. The van der Waals surface area contributed by atoms with E-state index >= 15 is 0 Å². The van der Waals surface area contributed by atoms with Crippen LogP contribution in [0.1, 0.15) is 46.5 Å². The normalized spacial score (nSPS) is 21.2. The molecule has 0 saturated heterocycles. The molecule has 0 amide bonds. The van der Waals surface area contributed by atoms with Gasteiger partial charge in [0.1, 0.15) is 0 Å². The van der Waals surface area contributed by atoms with Crippen LogP contribution < -0.4 is 0 Å². The van der Waals surface area contributed by atoms with E-state index in [1.807, 2.05) is 20.8 Å². The van der Waals surface area contributed by atoms with E-state index in [9.17, 15) is 5.11 Å². The number of ether oxygens (including phenoxy) is 1. The number of aliphatic hydroxyl groups excluding tert-OH is 1. The van der Waals surface area contributed by atoms with Crippen LogP contribution >= 0.6 is 0 Å². The maximum Gasteiger partial charge on any atom is 0.0884 e. The topological polar surface area (TPSA) is 29.5 Å². The smallest absolute Gasteiger partial charge is 0.0884 e. The second-order valence-corrected chi connectivity index (χ2v) is 4.58. The van der Waals surface area contributed by atoms with Crippen molar-refractivity contribution in [3.8, 4) is 0 Å². The van der Waals surface area contributed by atoms with Crippen molar-refractivity contribution in [2.45, 2.75) is 58.2 Å². The van der Waals surface area contributed by atoms with E-state index in [2.05, 4.69) is 0 Å². The van der Waals surface area contributed by atoms with Crippen LogP contribution in [0.4, 0.5) is 0 Å². The van der Waals surface area contributed by atoms with Gasteiger partial charge in [0.25, 0.3) is 0 Å². The van der Waals surface area contributed by atoms with Crippen LogP contribution in [0.3, 0.4) is 0 Å². The third-order valence-corrected chi connectivity index (χ3v) is 3.10. The van der Waals surface area contributed by atoms with Crippen molar-refractivity contribution in [3.63, 3.8) is 0 Å². The lowest BCUT2D eigenvalue weighted by molar-refractivity contribution is -0.106. The van der Waals surface area contributed by atoms with Crippen molar-refractivity contribution in [2.24, 2.45) is 5.92 Å². The molecule has 0 aromatic rings. The van der Waals surface area contributed by atoms with Gasteiger partial charge in [-0.3, -0.25) is 0 Å². The lowest BCUT2D eigenvalue weighted by Crippen LogP contribution is -2.41. The SMILES string of the molecule is CCOC(C)(C)C(O)CC1CCC1. The van der Waals surface area contributed by atoms with E-state index in [1.54, 1.807) is 0 Å². The number of rotatable bonds is 5. The molecule has 1 N–H and O–H groups in total. The highest BCUT2D eigenvalue weighted by Crippen LogP contribution is 2.33. The fourth-order valence-corrected chi connectivity index (χ4v) is 1.80. The zero-order chi connectivity index (χ0) is 9.90. The first-order valence-electron chi connectivity index (χ1n) is 5.38. The third kappa shape index (κ3) is 2.96. The van der Waals surface area contributed by atoms with Crippen LogP contribution in [0.2, 0.25) is 0 Å². The molecule has 1 rings (SSSR count). The molecule has 13 heavy (non-hydrogen) atoms. The van der Waals surface area contributed by atoms with Crippen molar-refractivity contribution < 1.29 is 9.84 Å². The summed E-state index contributed by atoms with van der Waals surface area (Å²) in [6, 6.07) is 0. The second kappa shape index (κ2) is 4.43. The Kier molecular flexibility index (Phi) is 3.74. The number of hydrogen-bond acceptors (Lipinski definition) is 2. The molecule has 2 nitrogen and oxygen atoms in total. The lowest BCUT2D eigenvalue weighted by Gasteiger charge is -2.35. The van der Waals surface area contributed by atoms with Gasteiger partial charge in [-0.1, -0.05) is 19.3 Å². The van der Waals surface area contributed by atoms with Gasteiger partial charge in [-0.25, -0.2) is 0 Å². The Bertz CT molecular complexity index is 150. The van der Waals surface area contributed by atoms with Gasteiger partial charge in [-0.2, -0.15) is 0 Å². The van der Waals surface area contributed by atoms with Crippen molar-refractivity contribution in [1.82, 2.24) is 0 Å². The van der Waals surface area contributed by atoms with Crippen molar-refractivity contribution in [3.05, 3.63) is 0 Å². The van der Waals surface area contributed by atoms with Crippen LogP contribution in [-0.4, -0.2) is 23.4 Å². The van der Waals surface area contributed by atoms with Crippen LogP contribution in [-0.2, 0) is 4.74 Å². The summed E-state index contributed by atoms with van der Waals surface area (Å²) in [7, 11) is 0. The van der Waals surface area contributed by atoms with Gasteiger partial charge >= 0.3 is 0 Å². The molecule has 1 atom stereocenters. The maximum atomic E-state index is 9.92. The monoisotopic (exact) mass is 186 g/mol. The maximum absolute atomic E-state index is 9.92. The lowest BCUT2D eigenvalue weighted by atomic mass is 9.79. The molecule has 2 heteroatoms. The van der Waals surface area contributed by atoms with Gasteiger partial charge in [0, 0.05) is 6.61 Å². The van der Waals surface area contributed by atoms with Crippen LogP contribution in [0.15, 0.2) is 0 Å². The number of hydrogen-bond donors (Lipinski definition) is 1. The van der Waals surface area contributed by atoms with Crippen LogP contribution in [0.25, 0.3) is 0 Å². The highest BCUT2D eigenvalue weighted by Gasteiger charge is 2.32. The summed E-state index contributed by atoms with van der Waals surface area (Å²) in [5, 5.41) is 9.92. The first-order chi connectivity index (χ1) is 6.06.